The fourth-order valence-electron chi connectivity index (χ4n) is 1.25. The first-order valence-electron chi connectivity index (χ1n) is 6.31. The van der Waals surface area contributed by atoms with Crippen molar-refractivity contribution in [3.8, 4) is 0 Å². The Morgan fingerprint density at radius 3 is 2.28 bits per heavy atom. The van der Waals surface area contributed by atoms with E-state index in [1.54, 1.807) is 6.92 Å². The summed E-state index contributed by atoms with van der Waals surface area (Å²) in [6.45, 7) is 9.00. The summed E-state index contributed by atoms with van der Waals surface area (Å²) in [6.07, 6.45) is 0.932. The molecule has 2 atom stereocenters. The maximum Gasteiger partial charge on any atom is 0.319 e. The van der Waals surface area contributed by atoms with Gasteiger partial charge in [-0.2, -0.15) is 0 Å². The average Bonchev–Trinajstić information content (AvgIpc) is 2.28. The number of hydrogen-bond acceptors (Lipinski definition) is 4. The highest BCUT2D eigenvalue weighted by Crippen LogP contribution is 2.20. The molecule has 4 nitrogen and oxygen atoms in total. The van der Waals surface area contributed by atoms with E-state index in [4.69, 9.17) is 4.74 Å². The number of ketones is 1. The molecule has 2 unspecified atom stereocenters. The fourth-order valence-corrected chi connectivity index (χ4v) is 2.89. The van der Waals surface area contributed by atoms with Crippen molar-refractivity contribution in [2.75, 3.05) is 18.1 Å². The molecule has 5 heteroatoms. The highest BCUT2D eigenvalue weighted by atomic mass is 32.2. The van der Waals surface area contributed by atoms with E-state index in [-0.39, 0.29) is 18.1 Å². The molecule has 0 spiro atoms. The second-order valence-corrected chi connectivity index (χ2v) is 6.53. The topological polar surface area (TPSA) is 60.4 Å². The molecule has 0 heterocycles. The lowest BCUT2D eigenvalue weighted by molar-refractivity contribution is -0.157. The molecule has 0 aliphatic carbocycles. The van der Waals surface area contributed by atoms with Crippen molar-refractivity contribution in [3.63, 3.8) is 0 Å². The third-order valence-corrected chi connectivity index (χ3v) is 4.47. The van der Waals surface area contributed by atoms with E-state index in [9.17, 15) is 13.8 Å². The zero-order valence-corrected chi connectivity index (χ0v) is 12.8. The van der Waals surface area contributed by atoms with Crippen LogP contribution in [-0.2, 0) is 25.1 Å². The Kier molecular flexibility index (Phi) is 7.36. The Labute approximate surface area is 112 Å². The number of carbonyl (C=O) groups excluding carboxylic acids is 2. The molecule has 106 valence electrons. The number of rotatable bonds is 8. The van der Waals surface area contributed by atoms with Crippen LogP contribution >= 0.6 is 0 Å². The van der Waals surface area contributed by atoms with Crippen molar-refractivity contribution < 1.29 is 18.5 Å². The van der Waals surface area contributed by atoms with Crippen LogP contribution in [0, 0.1) is 11.3 Å². The van der Waals surface area contributed by atoms with Crippen LogP contribution in [0.2, 0.25) is 0 Å². The minimum atomic E-state index is -1.21. The highest BCUT2D eigenvalue weighted by molar-refractivity contribution is 7.85. The van der Waals surface area contributed by atoms with Crippen LogP contribution in [-0.4, -0.2) is 34.1 Å². The van der Waals surface area contributed by atoms with E-state index in [2.05, 4.69) is 0 Å². The van der Waals surface area contributed by atoms with Gasteiger partial charge in [0, 0.05) is 16.6 Å². The Hall–Kier alpha value is -0.710. The summed E-state index contributed by atoms with van der Waals surface area (Å²) in [4.78, 5) is 23.6. The third-order valence-electron chi connectivity index (χ3n) is 2.94. The van der Waals surface area contributed by atoms with Crippen LogP contribution in [0.15, 0.2) is 0 Å². The monoisotopic (exact) mass is 276 g/mol. The second kappa shape index (κ2) is 7.67. The molecule has 0 saturated carbocycles. The van der Waals surface area contributed by atoms with Crippen molar-refractivity contribution in [2.45, 2.75) is 41.0 Å². The van der Waals surface area contributed by atoms with Crippen molar-refractivity contribution in [1.29, 1.82) is 0 Å². The van der Waals surface area contributed by atoms with E-state index in [1.807, 2.05) is 13.8 Å². The van der Waals surface area contributed by atoms with Crippen molar-refractivity contribution >= 4 is 22.6 Å². The molecule has 0 aromatic rings. The van der Waals surface area contributed by atoms with E-state index in [0.29, 0.717) is 11.7 Å². The third kappa shape index (κ3) is 5.29. The van der Waals surface area contributed by atoms with E-state index in [1.165, 1.54) is 13.8 Å². The van der Waals surface area contributed by atoms with Crippen LogP contribution in [0.4, 0.5) is 0 Å². The van der Waals surface area contributed by atoms with Gasteiger partial charge in [-0.1, -0.05) is 20.3 Å². The molecule has 0 N–H and O–H groups in total. The Bertz CT molecular complexity index is 323. The van der Waals surface area contributed by atoms with E-state index in [0.717, 1.165) is 6.42 Å². The molecule has 0 bridgehead atoms. The molecular weight excluding hydrogens is 252 g/mol. The predicted octanol–water partition coefficient (Wildman–Crippen LogP) is 1.94. The maximum atomic E-state index is 12.0. The average molecular weight is 276 g/mol. The fraction of sp³-hybridized carbons (Fsp3) is 0.846. The van der Waals surface area contributed by atoms with Crippen molar-refractivity contribution in [3.05, 3.63) is 0 Å². The van der Waals surface area contributed by atoms with Crippen LogP contribution in [0.1, 0.15) is 41.0 Å². The van der Waals surface area contributed by atoms with Crippen LogP contribution in [0.5, 0.6) is 0 Å². The Morgan fingerprint density at radius 2 is 1.83 bits per heavy atom. The zero-order valence-electron chi connectivity index (χ0n) is 11.9. The molecule has 0 aliphatic rings. The molecule has 0 amide bonds. The minimum absolute atomic E-state index is 0.0733. The van der Waals surface area contributed by atoms with Gasteiger partial charge in [0.25, 0.3) is 0 Å². The zero-order chi connectivity index (χ0) is 14.3. The quantitative estimate of drug-likeness (QED) is 0.502. The predicted molar refractivity (Wildman–Crippen MR) is 72.8 cm³/mol. The molecule has 0 rings (SSSR count). The Morgan fingerprint density at radius 1 is 1.28 bits per heavy atom. The largest absolute Gasteiger partial charge is 0.465 e. The summed E-state index contributed by atoms with van der Waals surface area (Å²) < 4.78 is 16.6. The molecular formula is C13H24O4S. The van der Waals surface area contributed by atoms with Gasteiger partial charge in [0.1, 0.15) is 5.41 Å². The maximum absolute atomic E-state index is 12.0. The summed E-state index contributed by atoms with van der Waals surface area (Å²) in [7, 11) is -1.20. The lowest BCUT2D eigenvalue weighted by Gasteiger charge is -2.20. The first-order valence-corrected chi connectivity index (χ1v) is 7.79. The summed E-state index contributed by atoms with van der Waals surface area (Å²) in [6, 6.07) is 0. The number of Topliss-reactive ketones (excluding diaryl/α,β-unsaturated/α-hetero) is 1. The highest BCUT2D eigenvalue weighted by Gasteiger charge is 2.37. The number of carbonyl (C=O) groups is 2. The van der Waals surface area contributed by atoms with Crippen molar-refractivity contribution in [1.82, 2.24) is 0 Å². The molecule has 0 aromatic carbocycles. The van der Waals surface area contributed by atoms with Gasteiger partial charge < -0.3 is 4.74 Å². The van der Waals surface area contributed by atoms with Gasteiger partial charge in [-0.25, -0.2) is 0 Å². The molecule has 0 aromatic heterocycles. The minimum Gasteiger partial charge on any atom is -0.465 e. The molecule has 0 aliphatic heterocycles. The lowest BCUT2D eigenvalue weighted by atomic mass is 9.89. The van der Waals surface area contributed by atoms with E-state index >= 15 is 0 Å². The second-order valence-electron chi connectivity index (χ2n) is 5.03. The van der Waals surface area contributed by atoms with Gasteiger partial charge in [0.05, 0.1) is 12.4 Å². The lowest BCUT2D eigenvalue weighted by Crippen LogP contribution is -2.38. The van der Waals surface area contributed by atoms with Crippen molar-refractivity contribution in [2.24, 2.45) is 11.3 Å². The smallest absolute Gasteiger partial charge is 0.319 e. The standard InChI is InChI=1S/C13H24O4S/c1-6-10(3)8-18(16)9-11(14)13(4,5)12(15)17-7-2/h10H,6-9H2,1-5H3. The SMILES string of the molecule is CCOC(=O)C(C)(C)C(=O)CS(=O)CC(C)CC. The molecule has 18 heavy (non-hydrogen) atoms. The van der Waals surface area contributed by atoms with Gasteiger partial charge in [0.15, 0.2) is 5.78 Å². The first-order chi connectivity index (χ1) is 8.25. The van der Waals surface area contributed by atoms with Gasteiger partial charge in [-0.05, 0) is 26.7 Å². The van der Waals surface area contributed by atoms with Crippen LogP contribution in [0.3, 0.4) is 0 Å². The Balaban J connectivity index is 4.47. The normalized spacial score (nSPS) is 14.9. The van der Waals surface area contributed by atoms with Gasteiger partial charge in [-0.3, -0.25) is 13.8 Å². The summed E-state index contributed by atoms with van der Waals surface area (Å²) >= 11 is 0. The first kappa shape index (κ1) is 17.3. The number of ether oxygens (including phenoxy) is 1. The number of hydrogen-bond donors (Lipinski definition) is 0. The molecule has 0 radical (unpaired) electrons. The summed E-state index contributed by atoms with van der Waals surface area (Å²) in [5.41, 5.74) is -1.21. The van der Waals surface area contributed by atoms with Crippen LogP contribution < -0.4 is 0 Å². The molecule has 0 fully saturated rings. The van der Waals surface area contributed by atoms with Gasteiger partial charge in [0.2, 0.25) is 0 Å². The summed E-state index contributed by atoms with van der Waals surface area (Å²) in [5, 5.41) is 0. The summed E-state index contributed by atoms with van der Waals surface area (Å²) in [5.74, 6) is -0.112. The van der Waals surface area contributed by atoms with Crippen LogP contribution in [0.25, 0.3) is 0 Å². The number of esters is 1. The molecule has 0 saturated heterocycles. The van der Waals surface area contributed by atoms with Gasteiger partial charge >= 0.3 is 5.97 Å². The van der Waals surface area contributed by atoms with E-state index < -0.39 is 22.2 Å². The van der Waals surface area contributed by atoms with Gasteiger partial charge in [-0.15, -0.1) is 0 Å².